The van der Waals surface area contributed by atoms with Crippen LogP contribution in [0.5, 0.6) is 0 Å². The molecule has 1 aromatic rings. The van der Waals surface area contributed by atoms with Gasteiger partial charge in [-0.1, -0.05) is 25.4 Å². The number of hydrogen-bond donors (Lipinski definition) is 1. The Morgan fingerprint density at radius 3 is 2.72 bits per heavy atom. The average molecular weight is 269 g/mol. The predicted octanol–water partition coefficient (Wildman–Crippen LogP) is 2.37. The van der Waals surface area contributed by atoms with Crippen LogP contribution in [0.15, 0.2) is 0 Å². The third kappa shape index (κ3) is 3.12. The monoisotopic (exact) mass is 268 g/mol. The van der Waals surface area contributed by atoms with Crippen LogP contribution < -0.4 is 5.32 Å². The highest BCUT2D eigenvalue weighted by Crippen LogP contribution is 2.26. The van der Waals surface area contributed by atoms with Crippen LogP contribution >= 0.6 is 11.6 Å². The third-order valence-electron chi connectivity index (χ3n) is 3.49. The van der Waals surface area contributed by atoms with Crippen LogP contribution in [0, 0.1) is 0 Å². The molecule has 100 valence electrons. The fourth-order valence-electron chi connectivity index (χ4n) is 2.33. The summed E-state index contributed by atoms with van der Waals surface area (Å²) in [6, 6.07) is 0. The molecule has 0 radical (unpaired) electrons. The fraction of sp³-hybridized carbons (Fsp3) is 0.692. The van der Waals surface area contributed by atoms with Gasteiger partial charge in [-0.05, 0) is 32.4 Å². The Morgan fingerprint density at radius 1 is 1.22 bits per heavy atom. The molecule has 0 fully saturated rings. The van der Waals surface area contributed by atoms with Crippen molar-refractivity contribution in [2.75, 3.05) is 31.5 Å². The molecule has 5 heteroatoms. The molecule has 0 saturated carbocycles. The summed E-state index contributed by atoms with van der Waals surface area (Å²) in [5, 5.41) is 3.89. The Bertz CT molecular complexity index is 404. The summed E-state index contributed by atoms with van der Waals surface area (Å²) >= 11 is 6.17. The zero-order valence-corrected chi connectivity index (χ0v) is 11.9. The van der Waals surface area contributed by atoms with Crippen molar-refractivity contribution in [2.45, 2.75) is 33.1 Å². The maximum Gasteiger partial charge on any atom is 0.224 e. The minimum absolute atomic E-state index is 0.628. The lowest BCUT2D eigenvalue weighted by molar-refractivity contribution is 0.316. The Kier molecular flexibility index (Phi) is 4.78. The van der Waals surface area contributed by atoms with Gasteiger partial charge in [0.2, 0.25) is 5.95 Å². The van der Waals surface area contributed by atoms with Gasteiger partial charge in [0.1, 0.15) is 5.15 Å². The maximum absolute atomic E-state index is 6.17. The Morgan fingerprint density at radius 2 is 2.00 bits per heavy atom. The molecule has 18 heavy (non-hydrogen) atoms. The number of fused-ring (bicyclic) bond motifs is 1. The van der Waals surface area contributed by atoms with Crippen LogP contribution in [0.3, 0.4) is 0 Å². The summed E-state index contributed by atoms with van der Waals surface area (Å²) < 4.78 is 0. The number of nitrogens with one attached hydrogen (secondary N) is 1. The molecule has 0 aliphatic heterocycles. The highest BCUT2D eigenvalue weighted by molar-refractivity contribution is 6.30. The van der Waals surface area contributed by atoms with Crippen molar-refractivity contribution >= 4 is 17.5 Å². The first-order chi connectivity index (χ1) is 8.74. The van der Waals surface area contributed by atoms with Crippen LogP contribution in [0.1, 0.15) is 31.5 Å². The predicted molar refractivity (Wildman–Crippen MR) is 75.3 cm³/mol. The molecule has 1 heterocycles. The van der Waals surface area contributed by atoms with Crippen LogP contribution in [0.4, 0.5) is 5.95 Å². The van der Waals surface area contributed by atoms with Crippen molar-refractivity contribution in [3.63, 3.8) is 0 Å². The summed E-state index contributed by atoms with van der Waals surface area (Å²) in [6.45, 7) is 8.36. The molecule has 0 aromatic carbocycles. The van der Waals surface area contributed by atoms with E-state index in [4.69, 9.17) is 11.6 Å². The van der Waals surface area contributed by atoms with Crippen molar-refractivity contribution < 1.29 is 0 Å². The van der Waals surface area contributed by atoms with Crippen molar-refractivity contribution in [2.24, 2.45) is 0 Å². The summed E-state index contributed by atoms with van der Waals surface area (Å²) in [6.07, 6.45) is 3.20. The highest BCUT2D eigenvalue weighted by Gasteiger charge is 2.17. The number of hydrogen-bond acceptors (Lipinski definition) is 4. The molecule has 1 N–H and O–H groups in total. The van der Waals surface area contributed by atoms with E-state index in [0.717, 1.165) is 56.7 Å². The molecule has 1 aliphatic rings. The van der Waals surface area contributed by atoms with Gasteiger partial charge in [0.15, 0.2) is 0 Å². The second-order valence-corrected chi connectivity index (χ2v) is 4.93. The largest absolute Gasteiger partial charge is 0.353 e. The summed E-state index contributed by atoms with van der Waals surface area (Å²) in [7, 11) is 0. The zero-order valence-electron chi connectivity index (χ0n) is 11.2. The lowest BCUT2D eigenvalue weighted by Gasteiger charge is -2.18. The van der Waals surface area contributed by atoms with Crippen molar-refractivity contribution in [3.8, 4) is 0 Å². The topological polar surface area (TPSA) is 41.0 Å². The van der Waals surface area contributed by atoms with Gasteiger partial charge in [-0.2, -0.15) is 0 Å². The Hall–Kier alpha value is -0.870. The van der Waals surface area contributed by atoms with E-state index < -0.39 is 0 Å². The van der Waals surface area contributed by atoms with E-state index >= 15 is 0 Å². The lowest BCUT2D eigenvalue weighted by atomic mass is 10.3. The summed E-state index contributed by atoms with van der Waals surface area (Å²) in [5.74, 6) is 0.674. The van der Waals surface area contributed by atoms with Crippen molar-refractivity contribution in [1.82, 2.24) is 14.9 Å². The SMILES string of the molecule is CCN(CC)CCNc1nc(Cl)c2c(n1)CCC2. The highest BCUT2D eigenvalue weighted by atomic mass is 35.5. The van der Waals surface area contributed by atoms with Gasteiger partial charge in [0.05, 0.1) is 5.69 Å². The first-order valence-corrected chi connectivity index (χ1v) is 7.13. The normalized spacial score (nSPS) is 14.0. The fourth-order valence-corrected chi connectivity index (χ4v) is 2.62. The molecule has 0 amide bonds. The van der Waals surface area contributed by atoms with E-state index in [9.17, 15) is 0 Å². The van der Waals surface area contributed by atoms with E-state index in [-0.39, 0.29) is 0 Å². The molecular formula is C13H21ClN4. The van der Waals surface area contributed by atoms with E-state index in [1.807, 2.05) is 0 Å². The molecular weight excluding hydrogens is 248 g/mol. The van der Waals surface area contributed by atoms with Gasteiger partial charge in [-0.25, -0.2) is 9.97 Å². The molecule has 0 atom stereocenters. The molecule has 2 rings (SSSR count). The maximum atomic E-state index is 6.17. The number of aromatic nitrogens is 2. The van der Waals surface area contributed by atoms with Gasteiger partial charge in [-0.15, -0.1) is 0 Å². The number of anilines is 1. The lowest BCUT2D eigenvalue weighted by Crippen LogP contribution is -2.29. The van der Waals surface area contributed by atoms with Crippen molar-refractivity contribution in [1.29, 1.82) is 0 Å². The van der Waals surface area contributed by atoms with E-state index in [1.165, 1.54) is 0 Å². The van der Waals surface area contributed by atoms with E-state index in [1.54, 1.807) is 0 Å². The molecule has 1 aliphatic carbocycles. The Labute approximate surface area is 114 Å². The number of halogens is 1. The van der Waals surface area contributed by atoms with Gasteiger partial charge in [0, 0.05) is 18.7 Å². The summed E-state index contributed by atoms with van der Waals surface area (Å²) in [4.78, 5) is 11.2. The minimum Gasteiger partial charge on any atom is -0.353 e. The van der Waals surface area contributed by atoms with Crippen LogP contribution in [-0.2, 0) is 12.8 Å². The third-order valence-corrected chi connectivity index (χ3v) is 3.80. The average Bonchev–Trinajstić information content (AvgIpc) is 2.83. The molecule has 0 spiro atoms. The molecule has 4 nitrogen and oxygen atoms in total. The van der Waals surface area contributed by atoms with Gasteiger partial charge in [-0.3, -0.25) is 0 Å². The van der Waals surface area contributed by atoms with E-state index in [0.29, 0.717) is 11.1 Å². The van der Waals surface area contributed by atoms with Crippen LogP contribution in [0.25, 0.3) is 0 Å². The number of aryl methyl sites for hydroxylation is 1. The smallest absolute Gasteiger partial charge is 0.224 e. The van der Waals surface area contributed by atoms with Crippen LogP contribution in [0.2, 0.25) is 5.15 Å². The molecule has 1 aromatic heterocycles. The second-order valence-electron chi connectivity index (χ2n) is 4.57. The first-order valence-electron chi connectivity index (χ1n) is 6.76. The Balaban J connectivity index is 1.92. The number of nitrogens with zero attached hydrogens (tertiary/aromatic N) is 3. The molecule has 0 bridgehead atoms. The van der Waals surface area contributed by atoms with Gasteiger partial charge < -0.3 is 10.2 Å². The quantitative estimate of drug-likeness (QED) is 0.805. The van der Waals surface area contributed by atoms with Gasteiger partial charge >= 0.3 is 0 Å². The van der Waals surface area contributed by atoms with Gasteiger partial charge in [0.25, 0.3) is 0 Å². The summed E-state index contributed by atoms with van der Waals surface area (Å²) in [5.41, 5.74) is 2.27. The standard InChI is InChI=1S/C13H21ClN4/c1-3-18(4-2)9-8-15-13-16-11-7-5-6-10(11)12(14)17-13/h3-9H2,1-2H3,(H,15,16,17). The molecule has 0 saturated heterocycles. The van der Waals surface area contributed by atoms with Crippen molar-refractivity contribution in [3.05, 3.63) is 16.4 Å². The first kappa shape index (κ1) is 13.6. The van der Waals surface area contributed by atoms with Crippen LogP contribution in [-0.4, -0.2) is 41.0 Å². The number of rotatable bonds is 6. The zero-order chi connectivity index (χ0) is 13.0. The molecule has 0 unspecified atom stereocenters. The number of likely N-dealkylation sites (N-methyl/N-ethyl adjacent to an activating group) is 1. The second kappa shape index (κ2) is 6.34. The minimum atomic E-state index is 0.628. The van der Waals surface area contributed by atoms with E-state index in [2.05, 4.69) is 34.0 Å².